The Bertz CT molecular complexity index is 1230. The molecule has 0 aliphatic rings. The quantitative estimate of drug-likeness (QED) is 0.277. The van der Waals surface area contributed by atoms with E-state index in [0.29, 0.717) is 0 Å². The Labute approximate surface area is 229 Å². The second-order valence-corrected chi connectivity index (χ2v) is 11.5. The molecule has 4 aromatic rings. The summed E-state index contributed by atoms with van der Waals surface area (Å²) in [6.07, 6.45) is 9.32. The highest BCUT2D eigenvalue weighted by molar-refractivity contribution is 7.98. The summed E-state index contributed by atoms with van der Waals surface area (Å²) in [5, 5.41) is 0. The first-order valence-electron chi connectivity index (χ1n) is 12.9. The minimum absolute atomic E-state index is 0.183. The van der Waals surface area contributed by atoms with Crippen LogP contribution < -0.4 is 5.73 Å². The van der Waals surface area contributed by atoms with E-state index in [1.165, 1.54) is 27.1 Å². The Morgan fingerprint density at radius 2 is 1.00 bits per heavy atom. The molecule has 0 saturated heterocycles. The van der Waals surface area contributed by atoms with Crippen LogP contribution in [0.4, 0.5) is 5.69 Å². The van der Waals surface area contributed by atoms with Crippen LogP contribution in [0.3, 0.4) is 0 Å². The van der Waals surface area contributed by atoms with Gasteiger partial charge in [0, 0.05) is 29.0 Å². The van der Waals surface area contributed by atoms with E-state index in [0.717, 1.165) is 16.8 Å². The maximum absolute atomic E-state index is 5.91. The normalized spacial score (nSPS) is 11.1. The Morgan fingerprint density at radius 3 is 1.41 bits per heavy atom. The van der Waals surface area contributed by atoms with Gasteiger partial charge in [-0.1, -0.05) is 104 Å². The molecule has 0 spiro atoms. The van der Waals surface area contributed by atoms with Crippen molar-refractivity contribution in [3.8, 4) is 22.3 Å². The lowest BCUT2D eigenvalue weighted by atomic mass is 9.86. The van der Waals surface area contributed by atoms with Crippen molar-refractivity contribution in [2.45, 2.75) is 71.1 Å². The summed E-state index contributed by atoms with van der Waals surface area (Å²) in [4.78, 5) is 9.40. The summed E-state index contributed by atoms with van der Waals surface area (Å²) >= 11 is 1.74. The van der Waals surface area contributed by atoms with Gasteiger partial charge in [0.15, 0.2) is 0 Å². The Hall–Kier alpha value is -3.11. The van der Waals surface area contributed by atoms with Crippen molar-refractivity contribution in [1.29, 1.82) is 0 Å². The van der Waals surface area contributed by atoms with Gasteiger partial charge in [0.25, 0.3) is 0 Å². The molecular weight excluding hydrogens is 470 g/mol. The first-order chi connectivity index (χ1) is 17.5. The molecule has 0 radical (unpaired) electrons. The van der Waals surface area contributed by atoms with E-state index in [9.17, 15) is 0 Å². The van der Waals surface area contributed by atoms with E-state index in [-0.39, 0.29) is 10.8 Å². The molecule has 0 atom stereocenters. The lowest BCUT2D eigenvalue weighted by molar-refractivity contribution is 0.590. The molecule has 0 aliphatic heterocycles. The fourth-order valence-electron chi connectivity index (χ4n) is 3.75. The number of thioether (sulfide) groups is 1. The Morgan fingerprint density at radius 1 is 0.595 bits per heavy atom. The van der Waals surface area contributed by atoms with Gasteiger partial charge in [-0.2, -0.15) is 0 Å². The molecule has 0 fully saturated rings. The summed E-state index contributed by atoms with van der Waals surface area (Å²) in [7, 11) is 0. The van der Waals surface area contributed by atoms with E-state index in [2.05, 4.69) is 112 Å². The van der Waals surface area contributed by atoms with Crippen molar-refractivity contribution in [2.24, 2.45) is 0 Å². The zero-order valence-electron chi connectivity index (χ0n) is 24.0. The molecule has 4 heteroatoms. The number of anilines is 1. The summed E-state index contributed by atoms with van der Waals surface area (Å²) < 4.78 is 0. The number of benzene rings is 2. The SMILES string of the molecule is CC.CC(C)(C)c1ccc(-c2ccncc2N)cc1.CSc1cnccc1-c1ccc(C(C)(C)C)cc1. The highest BCUT2D eigenvalue weighted by Crippen LogP contribution is 2.31. The molecule has 0 bridgehead atoms. The first kappa shape index (κ1) is 30.1. The van der Waals surface area contributed by atoms with Gasteiger partial charge in [0.2, 0.25) is 0 Å². The number of nitrogens with two attached hydrogens (primary N) is 1. The van der Waals surface area contributed by atoms with Crippen LogP contribution in [0.2, 0.25) is 0 Å². The van der Waals surface area contributed by atoms with Crippen molar-refractivity contribution in [3.63, 3.8) is 0 Å². The third-order valence-corrected chi connectivity index (χ3v) is 6.75. The number of pyridine rings is 2. The van der Waals surface area contributed by atoms with E-state index in [1.54, 1.807) is 24.2 Å². The highest BCUT2D eigenvalue weighted by Gasteiger charge is 2.14. The number of nitrogens with zero attached hydrogens (tertiary/aromatic N) is 2. The summed E-state index contributed by atoms with van der Waals surface area (Å²) in [5.41, 5.74) is 14.4. The van der Waals surface area contributed by atoms with Crippen molar-refractivity contribution in [1.82, 2.24) is 9.97 Å². The second kappa shape index (κ2) is 13.4. The van der Waals surface area contributed by atoms with Crippen LogP contribution in [-0.2, 0) is 10.8 Å². The Kier molecular flexibility index (Phi) is 10.9. The summed E-state index contributed by atoms with van der Waals surface area (Å²) in [5.74, 6) is 0. The predicted molar refractivity (Wildman–Crippen MR) is 164 cm³/mol. The molecule has 2 aromatic carbocycles. The van der Waals surface area contributed by atoms with Gasteiger partial charge in [0.1, 0.15) is 0 Å². The standard InChI is InChI=1S/C16H19NS.C15H18N2.C2H6/c1-16(2,3)13-7-5-12(6-8-13)14-9-10-17-11-15(14)18-4;1-15(2,3)12-6-4-11(5-7-12)13-8-9-17-10-14(13)16;1-2/h5-11H,1-4H3;4-10H,16H2,1-3H3;1-2H3. The smallest absolute Gasteiger partial charge is 0.0580 e. The monoisotopic (exact) mass is 513 g/mol. The lowest BCUT2D eigenvalue weighted by Crippen LogP contribution is -2.10. The number of aromatic nitrogens is 2. The molecule has 0 saturated carbocycles. The van der Waals surface area contributed by atoms with Crippen LogP contribution in [0.5, 0.6) is 0 Å². The number of nitrogen functional groups attached to an aromatic ring is 1. The minimum Gasteiger partial charge on any atom is -0.397 e. The van der Waals surface area contributed by atoms with Crippen molar-refractivity contribution < 1.29 is 0 Å². The van der Waals surface area contributed by atoms with Crippen molar-refractivity contribution >= 4 is 17.4 Å². The van der Waals surface area contributed by atoms with Crippen LogP contribution in [0.15, 0.2) is 90.3 Å². The fourth-order valence-corrected chi connectivity index (χ4v) is 4.32. The predicted octanol–water partition coefficient (Wildman–Crippen LogP) is 9.42. The zero-order chi connectivity index (χ0) is 27.6. The van der Waals surface area contributed by atoms with Crippen LogP contribution in [0, 0.1) is 0 Å². The average molecular weight is 514 g/mol. The van der Waals surface area contributed by atoms with Crippen LogP contribution in [0.1, 0.15) is 66.5 Å². The first-order valence-corrected chi connectivity index (χ1v) is 14.1. The zero-order valence-corrected chi connectivity index (χ0v) is 24.8. The molecule has 0 unspecified atom stereocenters. The molecule has 0 aliphatic carbocycles. The molecule has 3 nitrogen and oxygen atoms in total. The van der Waals surface area contributed by atoms with Crippen LogP contribution in [0.25, 0.3) is 22.3 Å². The van der Waals surface area contributed by atoms with Crippen LogP contribution in [-0.4, -0.2) is 16.2 Å². The molecule has 0 amide bonds. The van der Waals surface area contributed by atoms with Crippen LogP contribution >= 0.6 is 11.8 Å². The molecule has 2 heterocycles. The number of rotatable bonds is 3. The lowest BCUT2D eigenvalue weighted by Gasteiger charge is -2.19. The highest BCUT2D eigenvalue weighted by atomic mass is 32.2. The van der Waals surface area contributed by atoms with Crippen molar-refractivity contribution in [3.05, 3.63) is 96.6 Å². The average Bonchev–Trinajstić information content (AvgIpc) is 2.90. The van der Waals surface area contributed by atoms with Gasteiger partial charge in [-0.3, -0.25) is 9.97 Å². The van der Waals surface area contributed by atoms with E-state index >= 15 is 0 Å². The number of hydrogen-bond donors (Lipinski definition) is 1. The van der Waals surface area contributed by atoms with E-state index in [1.807, 2.05) is 32.3 Å². The third kappa shape index (κ3) is 8.46. The molecule has 2 aromatic heterocycles. The minimum atomic E-state index is 0.183. The van der Waals surface area contributed by atoms with Gasteiger partial charge in [-0.05, 0) is 57.0 Å². The maximum Gasteiger partial charge on any atom is 0.0580 e. The maximum atomic E-state index is 5.91. The molecule has 4 rings (SSSR count). The summed E-state index contributed by atoms with van der Waals surface area (Å²) in [6, 6.07) is 21.4. The van der Waals surface area contributed by atoms with Crippen molar-refractivity contribution in [2.75, 3.05) is 12.0 Å². The topological polar surface area (TPSA) is 51.8 Å². The second-order valence-electron chi connectivity index (χ2n) is 10.7. The summed E-state index contributed by atoms with van der Waals surface area (Å²) in [6.45, 7) is 17.3. The van der Waals surface area contributed by atoms with Gasteiger partial charge in [0.05, 0.1) is 11.9 Å². The fraction of sp³-hybridized carbons (Fsp3) is 0.333. The molecule has 196 valence electrons. The van der Waals surface area contributed by atoms with Gasteiger partial charge in [-0.25, -0.2) is 0 Å². The number of hydrogen-bond acceptors (Lipinski definition) is 4. The van der Waals surface area contributed by atoms with Gasteiger partial charge >= 0.3 is 0 Å². The van der Waals surface area contributed by atoms with E-state index in [4.69, 9.17) is 5.73 Å². The third-order valence-electron chi connectivity index (χ3n) is 5.98. The molecule has 37 heavy (non-hydrogen) atoms. The largest absolute Gasteiger partial charge is 0.397 e. The van der Waals surface area contributed by atoms with Gasteiger partial charge < -0.3 is 5.73 Å². The van der Waals surface area contributed by atoms with Gasteiger partial charge in [-0.15, -0.1) is 11.8 Å². The molecular formula is C33H43N3S. The molecule has 2 N–H and O–H groups in total. The van der Waals surface area contributed by atoms with E-state index < -0.39 is 0 Å². The Balaban J connectivity index is 0.000000244.